The maximum atomic E-state index is 13.8. The lowest BCUT2D eigenvalue weighted by molar-refractivity contribution is -0.384. The zero-order valence-electron chi connectivity index (χ0n) is 11.5. The van der Waals surface area contributed by atoms with Crippen molar-refractivity contribution in [2.24, 2.45) is 0 Å². The summed E-state index contributed by atoms with van der Waals surface area (Å²) < 4.78 is 19.2. The molecule has 0 amide bonds. The number of rotatable bonds is 3. The molecule has 23 heavy (non-hydrogen) atoms. The molecule has 8 nitrogen and oxygen atoms in total. The van der Waals surface area contributed by atoms with Gasteiger partial charge in [0.05, 0.1) is 27.8 Å². The number of nitro benzene ring substituents is 1. The van der Waals surface area contributed by atoms with Gasteiger partial charge in [-0.3, -0.25) is 10.1 Å². The van der Waals surface area contributed by atoms with Gasteiger partial charge in [-0.25, -0.2) is 9.18 Å². The minimum Gasteiger partial charge on any atom is -0.464 e. The van der Waals surface area contributed by atoms with Gasteiger partial charge in [-0.2, -0.15) is 5.26 Å². The van der Waals surface area contributed by atoms with Gasteiger partial charge < -0.3 is 15.0 Å². The van der Waals surface area contributed by atoms with E-state index in [2.05, 4.69) is 20.7 Å². The fourth-order valence-electron chi connectivity index (χ4n) is 1.97. The summed E-state index contributed by atoms with van der Waals surface area (Å²) in [5.74, 6) is -1.70. The van der Waals surface area contributed by atoms with Gasteiger partial charge in [0.1, 0.15) is 17.6 Å². The molecule has 0 saturated heterocycles. The third-order valence-electron chi connectivity index (χ3n) is 3.02. The molecule has 1 heterocycles. The number of nitriles is 1. The standard InChI is InChI=1S/C13H8BrFN4O4/c1-23-13(20)12-11(17)6(4-16)5-18(12)9-3-8(15)7(14)2-10(9)19(21)22/h2-3,5H,17H2,1H3. The van der Waals surface area contributed by atoms with Crippen molar-refractivity contribution < 1.29 is 18.8 Å². The summed E-state index contributed by atoms with van der Waals surface area (Å²) in [5, 5.41) is 20.2. The molecule has 1 aromatic carbocycles. The van der Waals surface area contributed by atoms with E-state index in [1.807, 2.05) is 0 Å². The minimum absolute atomic E-state index is 0.0944. The smallest absolute Gasteiger partial charge is 0.357 e. The Bertz CT molecular complexity index is 872. The fourth-order valence-corrected chi connectivity index (χ4v) is 2.30. The third-order valence-corrected chi connectivity index (χ3v) is 3.62. The first-order chi connectivity index (χ1) is 10.8. The number of halogens is 2. The average Bonchev–Trinajstić information content (AvgIpc) is 2.85. The van der Waals surface area contributed by atoms with Crippen LogP contribution >= 0.6 is 15.9 Å². The van der Waals surface area contributed by atoms with E-state index in [4.69, 9.17) is 11.0 Å². The van der Waals surface area contributed by atoms with Crippen LogP contribution in [0, 0.1) is 27.3 Å². The summed E-state index contributed by atoms with van der Waals surface area (Å²) in [7, 11) is 1.09. The number of carbonyl (C=O) groups excluding carboxylic acids is 1. The summed E-state index contributed by atoms with van der Waals surface area (Å²) in [6.45, 7) is 0. The number of benzene rings is 1. The van der Waals surface area contributed by atoms with E-state index >= 15 is 0 Å². The van der Waals surface area contributed by atoms with Crippen LogP contribution < -0.4 is 5.73 Å². The van der Waals surface area contributed by atoms with Crippen molar-refractivity contribution in [3.8, 4) is 11.8 Å². The van der Waals surface area contributed by atoms with E-state index in [1.54, 1.807) is 6.07 Å². The summed E-state index contributed by atoms with van der Waals surface area (Å²) in [6, 6.07) is 3.56. The lowest BCUT2D eigenvalue weighted by Gasteiger charge is -2.09. The third kappa shape index (κ3) is 2.74. The first-order valence-electron chi connectivity index (χ1n) is 5.94. The number of nitro groups is 1. The highest BCUT2D eigenvalue weighted by molar-refractivity contribution is 9.10. The van der Waals surface area contributed by atoms with Crippen LogP contribution in [0.3, 0.4) is 0 Å². The lowest BCUT2D eigenvalue weighted by atomic mass is 10.2. The van der Waals surface area contributed by atoms with Gasteiger partial charge in [0.2, 0.25) is 0 Å². The van der Waals surface area contributed by atoms with Crippen molar-refractivity contribution in [3.05, 3.63) is 50.0 Å². The Kier molecular flexibility index (Phi) is 4.33. The zero-order valence-corrected chi connectivity index (χ0v) is 13.1. The van der Waals surface area contributed by atoms with Gasteiger partial charge in [-0.1, -0.05) is 0 Å². The largest absolute Gasteiger partial charge is 0.464 e. The molecule has 118 valence electrons. The maximum absolute atomic E-state index is 13.8. The molecule has 0 bridgehead atoms. The molecule has 2 rings (SSSR count). The van der Waals surface area contributed by atoms with Gasteiger partial charge in [0.25, 0.3) is 5.69 Å². The SMILES string of the molecule is COC(=O)c1c(N)c(C#N)cn1-c1cc(F)c(Br)cc1[N+](=O)[O-]. The molecule has 0 aliphatic carbocycles. The molecule has 0 spiro atoms. The summed E-state index contributed by atoms with van der Waals surface area (Å²) in [5.41, 5.74) is 4.36. The molecule has 0 atom stereocenters. The van der Waals surface area contributed by atoms with Crippen molar-refractivity contribution in [2.45, 2.75) is 0 Å². The number of methoxy groups -OCH3 is 1. The number of ether oxygens (including phenoxy) is 1. The topological polar surface area (TPSA) is 124 Å². The molecule has 0 unspecified atom stereocenters. The molecule has 0 saturated carbocycles. The van der Waals surface area contributed by atoms with E-state index in [0.29, 0.717) is 0 Å². The van der Waals surface area contributed by atoms with E-state index < -0.39 is 22.4 Å². The molecule has 0 fully saturated rings. The van der Waals surface area contributed by atoms with Crippen LogP contribution in [0.5, 0.6) is 0 Å². The normalized spacial score (nSPS) is 10.2. The predicted molar refractivity (Wildman–Crippen MR) is 80.5 cm³/mol. The number of nitrogens with zero attached hydrogens (tertiary/aromatic N) is 3. The number of aromatic nitrogens is 1. The molecular formula is C13H8BrFN4O4. The lowest BCUT2D eigenvalue weighted by Crippen LogP contribution is -2.12. The van der Waals surface area contributed by atoms with Crippen molar-refractivity contribution in [3.63, 3.8) is 0 Å². The van der Waals surface area contributed by atoms with E-state index in [0.717, 1.165) is 30.0 Å². The Labute approximate surface area is 137 Å². The van der Waals surface area contributed by atoms with E-state index in [-0.39, 0.29) is 27.1 Å². The Morgan fingerprint density at radius 3 is 2.74 bits per heavy atom. The minimum atomic E-state index is -0.915. The predicted octanol–water partition coefficient (Wildman–Crippen LogP) is 2.53. The number of anilines is 1. The van der Waals surface area contributed by atoms with E-state index in [9.17, 15) is 19.3 Å². The van der Waals surface area contributed by atoms with Crippen LogP contribution in [0.15, 0.2) is 22.8 Å². The second kappa shape index (κ2) is 6.05. The quantitative estimate of drug-likeness (QED) is 0.493. The van der Waals surface area contributed by atoms with Crippen LogP contribution in [0.25, 0.3) is 5.69 Å². The van der Waals surface area contributed by atoms with Crippen LogP contribution in [0.4, 0.5) is 15.8 Å². The van der Waals surface area contributed by atoms with Crippen molar-refractivity contribution in [2.75, 3.05) is 12.8 Å². The summed E-state index contributed by atoms with van der Waals surface area (Å²) in [4.78, 5) is 22.3. The number of carbonyl (C=O) groups is 1. The zero-order chi connectivity index (χ0) is 17.3. The van der Waals surface area contributed by atoms with Crippen LogP contribution in [0.2, 0.25) is 0 Å². The molecule has 10 heteroatoms. The van der Waals surface area contributed by atoms with Crippen LogP contribution in [-0.2, 0) is 4.74 Å². The Morgan fingerprint density at radius 1 is 1.57 bits per heavy atom. The van der Waals surface area contributed by atoms with Gasteiger partial charge >= 0.3 is 5.97 Å². The van der Waals surface area contributed by atoms with E-state index in [1.165, 1.54) is 0 Å². The summed E-state index contributed by atoms with van der Waals surface area (Å²) in [6.07, 6.45) is 1.11. The Hall–Kier alpha value is -2.93. The first kappa shape index (κ1) is 16.4. The van der Waals surface area contributed by atoms with Gasteiger partial charge in [0, 0.05) is 18.3 Å². The number of hydrogen-bond donors (Lipinski definition) is 1. The second-order valence-electron chi connectivity index (χ2n) is 4.29. The molecule has 1 aromatic heterocycles. The van der Waals surface area contributed by atoms with Crippen LogP contribution in [-0.4, -0.2) is 22.6 Å². The van der Waals surface area contributed by atoms with Gasteiger partial charge in [-0.15, -0.1) is 0 Å². The summed E-state index contributed by atoms with van der Waals surface area (Å²) >= 11 is 2.86. The van der Waals surface area contributed by atoms with Crippen molar-refractivity contribution in [1.82, 2.24) is 4.57 Å². The molecule has 0 aliphatic heterocycles. The highest BCUT2D eigenvalue weighted by atomic mass is 79.9. The first-order valence-corrected chi connectivity index (χ1v) is 6.74. The molecule has 2 aromatic rings. The number of nitrogen functional groups attached to an aromatic ring is 1. The Morgan fingerprint density at radius 2 is 2.22 bits per heavy atom. The number of nitrogens with two attached hydrogens (primary N) is 1. The van der Waals surface area contributed by atoms with Crippen molar-refractivity contribution in [1.29, 1.82) is 5.26 Å². The fraction of sp³-hybridized carbons (Fsp3) is 0.0769. The second-order valence-corrected chi connectivity index (χ2v) is 5.14. The highest BCUT2D eigenvalue weighted by Gasteiger charge is 2.27. The number of hydrogen-bond acceptors (Lipinski definition) is 6. The Balaban J connectivity index is 2.87. The maximum Gasteiger partial charge on any atom is 0.357 e. The molecule has 2 N–H and O–H groups in total. The molecular weight excluding hydrogens is 375 g/mol. The molecule has 0 radical (unpaired) electrons. The van der Waals surface area contributed by atoms with Gasteiger partial charge in [-0.05, 0) is 15.9 Å². The van der Waals surface area contributed by atoms with Crippen molar-refractivity contribution >= 4 is 33.3 Å². The van der Waals surface area contributed by atoms with Crippen LogP contribution in [0.1, 0.15) is 16.1 Å². The number of esters is 1. The van der Waals surface area contributed by atoms with Gasteiger partial charge in [0.15, 0.2) is 5.69 Å². The monoisotopic (exact) mass is 382 g/mol. The highest BCUT2D eigenvalue weighted by Crippen LogP contribution is 2.33. The molecule has 0 aliphatic rings. The average molecular weight is 383 g/mol.